The molecule has 0 saturated carbocycles. The summed E-state index contributed by atoms with van der Waals surface area (Å²) in [7, 11) is 0. The quantitative estimate of drug-likeness (QED) is 0.515. The lowest BCUT2D eigenvalue weighted by molar-refractivity contribution is 0.0144. The topological polar surface area (TPSA) is 9.23 Å². The number of hydrogen-bond acceptors (Lipinski definition) is 1. The van der Waals surface area contributed by atoms with E-state index in [0.717, 1.165) is 31.3 Å². The SMILES string of the molecule is CCCOC(CC)CC(CC(C)CC)C(C)(C)C. The Morgan fingerprint density at radius 3 is 1.94 bits per heavy atom. The van der Waals surface area contributed by atoms with Crippen LogP contribution in [0.25, 0.3) is 0 Å². The van der Waals surface area contributed by atoms with Crippen LogP contribution in [0, 0.1) is 17.3 Å². The molecule has 0 radical (unpaired) electrons. The Balaban J connectivity index is 4.46. The van der Waals surface area contributed by atoms with E-state index in [0.29, 0.717) is 11.5 Å². The number of rotatable bonds is 9. The normalized spacial score (nSPS) is 17.5. The molecular formula is C17H36O. The first kappa shape index (κ1) is 18.0. The maximum atomic E-state index is 5.98. The predicted molar refractivity (Wildman–Crippen MR) is 82.0 cm³/mol. The summed E-state index contributed by atoms with van der Waals surface area (Å²) in [5, 5.41) is 0. The average Bonchev–Trinajstić information content (AvgIpc) is 2.31. The number of hydrogen-bond donors (Lipinski definition) is 0. The second-order valence-corrected chi connectivity index (χ2v) is 6.95. The van der Waals surface area contributed by atoms with Crippen molar-refractivity contribution >= 4 is 0 Å². The van der Waals surface area contributed by atoms with Gasteiger partial charge in [-0.25, -0.2) is 0 Å². The van der Waals surface area contributed by atoms with Crippen LogP contribution in [0.3, 0.4) is 0 Å². The Bertz CT molecular complexity index is 192. The van der Waals surface area contributed by atoms with E-state index < -0.39 is 0 Å². The largest absolute Gasteiger partial charge is 0.378 e. The average molecular weight is 256 g/mol. The highest BCUT2D eigenvalue weighted by molar-refractivity contribution is 4.78. The van der Waals surface area contributed by atoms with Gasteiger partial charge in [0.05, 0.1) is 6.10 Å². The summed E-state index contributed by atoms with van der Waals surface area (Å²) in [6, 6.07) is 0. The van der Waals surface area contributed by atoms with Crippen LogP contribution in [0.5, 0.6) is 0 Å². The summed E-state index contributed by atoms with van der Waals surface area (Å²) in [5.74, 6) is 1.60. The Hall–Kier alpha value is -0.0400. The number of ether oxygens (including phenoxy) is 1. The van der Waals surface area contributed by atoms with Crippen LogP contribution in [0.15, 0.2) is 0 Å². The van der Waals surface area contributed by atoms with Crippen LogP contribution in [-0.2, 0) is 4.74 Å². The minimum atomic E-state index is 0.395. The molecular weight excluding hydrogens is 220 g/mol. The van der Waals surface area contributed by atoms with Crippen LogP contribution in [0.2, 0.25) is 0 Å². The van der Waals surface area contributed by atoms with Gasteiger partial charge in [-0.05, 0) is 42.9 Å². The van der Waals surface area contributed by atoms with Gasteiger partial charge in [0.1, 0.15) is 0 Å². The zero-order chi connectivity index (χ0) is 14.2. The van der Waals surface area contributed by atoms with Gasteiger partial charge in [0, 0.05) is 6.61 Å². The fraction of sp³-hybridized carbons (Fsp3) is 1.00. The fourth-order valence-electron chi connectivity index (χ4n) is 2.41. The highest BCUT2D eigenvalue weighted by atomic mass is 16.5. The van der Waals surface area contributed by atoms with Crippen molar-refractivity contribution in [2.24, 2.45) is 17.3 Å². The molecule has 0 aliphatic heterocycles. The summed E-state index contributed by atoms with van der Waals surface area (Å²) in [6.45, 7) is 17.2. The van der Waals surface area contributed by atoms with Crippen LogP contribution in [-0.4, -0.2) is 12.7 Å². The maximum absolute atomic E-state index is 5.98. The third-order valence-electron chi connectivity index (χ3n) is 4.17. The molecule has 1 nitrogen and oxygen atoms in total. The van der Waals surface area contributed by atoms with Gasteiger partial charge in [-0.15, -0.1) is 0 Å². The van der Waals surface area contributed by atoms with Crippen molar-refractivity contribution in [1.29, 1.82) is 0 Å². The second-order valence-electron chi connectivity index (χ2n) is 6.95. The molecule has 0 spiro atoms. The van der Waals surface area contributed by atoms with E-state index >= 15 is 0 Å². The Labute approximate surface area is 116 Å². The van der Waals surface area contributed by atoms with E-state index in [1.165, 1.54) is 19.3 Å². The zero-order valence-corrected chi connectivity index (χ0v) is 13.9. The first-order chi connectivity index (χ1) is 8.35. The third kappa shape index (κ3) is 7.41. The lowest BCUT2D eigenvalue weighted by Gasteiger charge is -2.35. The van der Waals surface area contributed by atoms with E-state index in [4.69, 9.17) is 4.74 Å². The molecule has 110 valence electrons. The Morgan fingerprint density at radius 2 is 1.56 bits per heavy atom. The van der Waals surface area contributed by atoms with Crippen LogP contribution >= 0.6 is 0 Å². The van der Waals surface area contributed by atoms with Gasteiger partial charge in [-0.1, -0.05) is 54.9 Å². The van der Waals surface area contributed by atoms with Gasteiger partial charge in [-0.3, -0.25) is 0 Å². The molecule has 0 aromatic carbocycles. The third-order valence-corrected chi connectivity index (χ3v) is 4.17. The molecule has 0 N–H and O–H groups in total. The van der Waals surface area contributed by atoms with Crippen LogP contribution in [0.4, 0.5) is 0 Å². The molecule has 0 rings (SSSR count). The molecule has 0 saturated heterocycles. The van der Waals surface area contributed by atoms with Crippen molar-refractivity contribution in [3.63, 3.8) is 0 Å². The van der Waals surface area contributed by atoms with Crippen molar-refractivity contribution in [2.75, 3.05) is 6.61 Å². The standard InChI is InChI=1S/C17H36O/c1-8-11-18-16(10-3)13-15(17(5,6)7)12-14(4)9-2/h14-16H,8-13H2,1-7H3. The van der Waals surface area contributed by atoms with Gasteiger partial charge in [0.25, 0.3) is 0 Å². The van der Waals surface area contributed by atoms with E-state index in [1.54, 1.807) is 0 Å². The summed E-state index contributed by atoms with van der Waals surface area (Å²) in [6.07, 6.45) is 6.59. The molecule has 0 aromatic rings. The Kier molecular flexibility index (Phi) is 8.94. The van der Waals surface area contributed by atoms with Crippen molar-refractivity contribution in [2.45, 2.75) is 86.7 Å². The van der Waals surface area contributed by atoms with E-state index in [-0.39, 0.29) is 0 Å². The van der Waals surface area contributed by atoms with Gasteiger partial charge < -0.3 is 4.74 Å². The summed E-state index contributed by atoms with van der Waals surface area (Å²) >= 11 is 0. The molecule has 18 heavy (non-hydrogen) atoms. The van der Waals surface area contributed by atoms with Gasteiger partial charge in [0.2, 0.25) is 0 Å². The molecule has 0 bridgehead atoms. The predicted octanol–water partition coefficient (Wildman–Crippen LogP) is 5.68. The molecule has 0 heterocycles. The van der Waals surface area contributed by atoms with Crippen molar-refractivity contribution in [1.82, 2.24) is 0 Å². The molecule has 0 amide bonds. The first-order valence-electron chi connectivity index (χ1n) is 7.96. The van der Waals surface area contributed by atoms with Crippen molar-refractivity contribution < 1.29 is 4.74 Å². The fourth-order valence-corrected chi connectivity index (χ4v) is 2.41. The minimum Gasteiger partial charge on any atom is -0.378 e. The van der Waals surface area contributed by atoms with E-state index in [1.807, 2.05) is 0 Å². The molecule has 0 aliphatic rings. The molecule has 0 fully saturated rings. The van der Waals surface area contributed by atoms with Crippen LogP contribution in [0.1, 0.15) is 80.6 Å². The maximum Gasteiger partial charge on any atom is 0.0575 e. The molecule has 3 unspecified atom stereocenters. The minimum absolute atomic E-state index is 0.395. The lowest BCUT2D eigenvalue weighted by Crippen LogP contribution is -2.28. The van der Waals surface area contributed by atoms with Crippen molar-refractivity contribution in [3.8, 4) is 0 Å². The zero-order valence-electron chi connectivity index (χ0n) is 13.9. The second kappa shape index (κ2) is 8.96. The van der Waals surface area contributed by atoms with E-state index in [9.17, 15) is 0 Å². The summed E-state index contributed by atoms with van der Waals surface area (Å²) < 4.78 is 5.98. The first-order valence-corrected chi connectivity index (χ1v) is 7.96. The van der Waals surface area contributed by atoms with E-state index in [2.05, 4.69) is 48.5 Å². The molecule has 0 aromatic heterocycles. The molecule has 3 atom stereocenters. The highest BCUT2D eigenvalue weighted by Crippen LogP contribution is 2.36. The highest BCUT2D eigenvalue weighted by Gasteiger charge is 2.28. The van der Waals surface area contributed by atoms with Gasteiger partial charge in [-0.2, -0.15) is 0 Å². The smallest absolute Gasteiger partial charge is 0.0575 e. The molecule has 0 aliphatic carbocycles. The van der Waals surface area contributed by atoms with Gasteiger partial charge >= 0.3 is 0 Å². The monoisotopic (exact) mass is 256 g/mol. The van der Waals surface area contributed by atoms with Crippen LogP contribution < -0.4 is 0 Å². The van der Waals surface area contributed by atoms with Crippen molar-refractivity contribution in [3.05, 3.63) is 0 Å². The molecule has 1 heteroatoms. The lowest BCUT2D eigenvalue weighted by atomic mass is 9.73. The summed E-state index contributed by atoms with van der Waals surface area (Å²) in [5.41, 5.74) is 0.395. The Morgan fingerprint density at radius 1 is 0.944 bits per heavy atom. The van der Waals surface area contributed by atoms with Gasteiger partial charge in [0.15, 0.2) is 0 Å². The summed E-state index contributed by atoms with van der Waals surface area (Å²) in [4.78, 5) is 0.